The first kappa shape index (κ1) is 19.5. The standard InChI is InChI=1S/C21H22FN3O3/c22-18-8-3-2-7-17(18)16(13-21(27)28)12-20(26)23-10-5-11-25-14-15-6-1-4-9-19(15)24-25/h1-4,6-9,14,16H,5,10-13H2,(H,23,26)(H,27,28). The van der Waals surface area contributed by atoms with Crippen molar-refractivity contribution < 1.29 is 19.1 Å². The van der Waals surface area contributed by atoms with Crippen LogP contribution in [0.25, 0.3) is 10.9 Å². The van der Waals surface area contributed by atoms with E-state index in [1.165, 1.54) is 18.2 Å². The van der Waals surface area contributed by atoms with Gasteiger partial charge in [0, 0.05) is 37.0 Å². The number of nitrogens with one attached hydrogen (secondary N) is 1. The quantitative estimate of drug-likeness (QED) is 0.555. The summed E-state index contributed by atoms with van der Waals surface area (Å²) >= 11 is 0. The number of aromatic nitrogens is 2. The number of hydrogen-bond acceptors (Lipinski definition) is 3. The first-order valence-electron chi connectivity index (χ1n) is 9.18. The van der Waals surface area contributed by atoms with Gasteiger partial charge >= 0.3 is 5.97 Å². The van der Waals surface area contributed by atoms with Gasteiger partial charge in [0.25, 0.3) is 0 Å². The van der Waals surface area contributed by atoms with Crippen molar-refractivity contribution >= 4 is 22.8 Å². The minimum Gasteiger partial charge on any atom is -0.481 e. The predicted octanol–water partition coefficient (Wildman–Crippen LogP) is 3.33. The molecule has 0 aliphatic carbocycles. The fraction of sp³-hybridized carbons (Fsp3) is 0.286. The number of carbonyl (C=O) groups excluding carboxylic acids is 1. The van der Waals surface area contributed by atoms with E-state index in [2.05, 4.69) is 10.4 Å². The third-order valence-electron chi connectivity index (χ3n) is 4.55. The number of amides is 1. The molecule has 146 valence electrons. The van der Waals surface area contributed by atoms with Gasteiger partial charge < -0.3 is 10.4 Å². The molecule has 2 aromatic carbocycles. The van der Waals surface area contributed by atoms with E-state index in [0.29, 0.717) is 19.5 Å². The first-order chi connectivity index (χ1) is 13.5. The van der Waals surface area contributed by atoms with Crippen molar-refractivity contribution in [3.8, 4) is 0 Å². The Morgan fingerprint density at radius 2 is 1.86 bits per heavy atom. The number of hydrogen-bond donors (Lipinski definition) is 2. The largest absolute Gasteiger partial charge is 0.481 e. The van der Waals surface area contributed by atoms with Crippen LogP contribution in [0.2, 0.25) is 0 Å². The number of rotatable bonds is 9. The minimum absolute atomic E-state index is 0.0705. The number of fused-ring (bicyclic) bond motifs is 1. The number of carbonyl (C=O) groups is 2. The Balaban J connectivity index is 1.50. The zero-order valence-electron chi connectivity index (χ0n) is 15.3. The Hall–Kier alpha value is -3.22. The van der Waals surface area contributed by atoms with Crippen LogP contribution in [0.1, 0.15) is 30.7 Å². The Kier molecular flexibility index (Phi) is 6.37. The maximum atomic E-state index is 14.0. The van der Waals surface area contributed by atoms with Crippen LogP contribution in [0.5, 0.6) is 0 Å². The molecule has 1 aromatic heterocycles. The molecule has 3 rings (SSSR count). The van der Waals surface area contributed by atoms with Gasteiger partial charge in [-0.1, -0.05) is 36.4 Å². The van der Waals surface area contributed by atoms with Crippen molar-refractivity contribution in [2.75, 3.05) is 6.54 Å². The van der Waals surface area contributed by atoms with Crippen molar-refractivity contribution in [1.82, 2.24) is 15.1 Å². The van der Waals surface area contributed by atoms with E-state index in [-0.39, 0.29) is 24.3 Å². The van der Waals surface area contributed by atoms with Gasteiger partial charge in [-0.05, 0) is 24.1 Å². The highest BCUT2D eigenvalue weighted by atomic mass is 19.1. The summed E-state index contributed by atoms with van der Waals surface area (Å²) in [5.41, 5.74) is 1.18. The zero-order chi connectivity index (χ0) is 19.9. The van der Waals surface area contributed by atoms with E-state index in [1.54, 1.807) is 6.07 Å². The van der Waals surface area contributed by atoms with Crippen LogP contribution in [-0.2, 0) is 16.1 Å². The lowest BCUT2D eigenvalue weighted by atomic mass is 9.91. The molecule has 1 heterocycles. The highest BCUT2D eigenvalue weighted by Gasteiger charge is 2.21. The lowest BCUT2D eigenvalue weighted by molar-refractivity contribution is -0.137. The van der Waals surface area contributed by atoms with E-state index in [0.717, 1.165) is 10.9 Å². The molecule has 0 saturated heterocycles. The molecule has 2 N–H and O–H groups in total. The molecule has 1 amide bonds. The van der Waals surface area contributed by atoms with Gasteiger partial charge in [0.15, 0.2) is 0 Å². The molecule has 3 aromatic rings. The summed E-state index contributed by atoms with van der Waals surface area (Å²) in [7, 11) is 0. The molecule has 0 saturated carbocycles. The van der Waals surface area contributed by atoms with Crippen molar-refractivity contribution in [3.63, 3.8) is 0 Å². The van der Waals surface area contributed by atoms with Crippen molar-refractivity contribution in [1.29, 1.82) is 0 Å². The van der Waals surface area contributed by atoms with Crippen LogP contribution in [0.3, 0.4) is 0 Å². The molecule has 0 bridgehead atoms. The van der Waals surface area contributed by atoms with Gasteiger partial charge in [0.1, 0.15) is 5.82 Å². The minimum atomic E-state index is -1.06. The molecule has 0 spiro atoms. The predicted molar refractivity (Wildman–Crippen MR) is 103 cm³/mol. The molecular weight excluding hydrogens is 361 g/mol. The zero-order valence-corrected chi connectivity index (χ0v) is 15.3. The third-order valence-corrected chi connectivity index (χ3v) is 4.55. The Labute approximate surface area is 162 Å². The maximum Gasteiger partial charge on any atom is 0.303 e. The van der Waals surface area contributed by atoms with Gasteiger partial charge in [-0.15, -0.1) is 0 Å². The van der Waals surface area contributed by atoms with Crippen molar-refractivity contribution in [2.45, 2.75) is 31.7 Å². The monoisotopic (exact) mass is 383 g/mol. The topological polar surface area (TPSA) is 84.2 Å². The van der Waals surface area contributed by atoms with Gasteiger partial charge in [-0.25, -0.2) is 4.39 Å². The molecule has 1 unspecified atom stereocenters. The van der Waals surface area contributed by atoms with Crippen molar-refractivity contribution in [2.24, 2.45) is 0 Å². The summed E-state index contributed by atoms with van der Waals surface area (Å²) in [5.74, 6) is -2.55. The van der Waals surface area contributed by atoms with E-state index in [4.69, 9.17) is 5.11 Å². The first-order valence-corrected chi connectivity index (χ1v) is 9.18. The average Bonchev–Trinajstić information content (AvgIpc) is 3.07. The fourth-order valence-electron chi connectivity index (χ4n) is 3.20. The summed E-state index contributed by atoms with van der Waals surface area (Å²) in [4.78, 5) is 23.3. The molecule has 0 aliphatic rings. The Morgan fingerprint density at radius 1 is 1.11 bits per heavy atom. The highest BCUT2D eigenvalue weighted by Crippen LogP contribution is 2.26. The smallest absolute Gasteiger partial charge is 0.303 e. The number of carboxylic acid groups (broad SMARTS) is 1. The molecule has 1 atom stereocenters. The molecule has 7 heteroatoms. The maximum absolute atomic E-state index is 14.0. The van der Waals surface area contributed by atoms with Crippen LogP contribution >= 0.6 is 0 Å². The SMILES string of the molecule is O=C(O)CC(CC(=O)NCCCn1cc2ccccc2n1)c1ccccc1F. The van der Waals surface area contributed by atoms with E-state index >= 15 is 0 Å². The van der Waals surface area contributed by atoms with Crippen LogP contribution < -0.4 is 5.32 Å². The number of benzene rings is 2. The number of aliphatic carboxylic acids is 1. The summed E-state index contributed by atoms with van der Waals surface area (Å²) < 4.78 is 15.8. The van der Waals surface area contributed by atoms with Crippen LogP contribution in [0.4, 0.5) is 4.39 Å². The number of nitrogens with zero attached hydrogens (tertiary/aromatic N) is 2. The van der Waals surface area contributed by atoms with E-state index in [9.17, 15) is 14.0 Å². The van der Waals surface area contributed by atoms with Crippen LogP contribution in [-0.4, -0.2) is 33.3 Å². The second kappa shape index (κ2) is 9.12. The summed E-state index contributed by atoms with van der Waals surface area (Å²) in [6.07, 6.45) is 2.27. The number of aryl methyl sites for hydroxylation is 1. The summed E-state index contributed by atoms with van der Waals surface area (Å²) in [6.45, 7) is 1.09. The highest BCUT2D eigenvalue weighted by molar-refractivity contribution is 5.78. The van der Waals surface area contributed by atoms with E-state index < -0.39 is 17.7 Å². The second-order valence-corrected chi connectivity index (χ2v) is 6.67. The molecular formula is C21H22FN3O3. The molecule has 0 aliphatic heterocycles. The Bertz CT molecular complexity index is 937. The molecule has 0 radical (unpaired) electrons. The average molecular weight is 383 g/mol. The lowest BCUT2D eigenvalue weighted by Crippen LogP contribution is -2.27. The van der Waals surface area contributed by atoms with Gasteiger partial charge in [-0.2, -0.15) is 5.10 Å². The lowest BCUT2D eigenvalue weighted by Gasteiger charge is -2.16. The van der Waals surface area contributed by atoms with Crippen LogP contribution in [0, 0.1) is 5.82 Å². The molecule has 28 heavy (non-hydrogen) atoms. The fourth-order valence-corrected chi connectivity index (χ4v) is 3.20. The van der Waals surface area contributed by atoms with Gasteiger partial charge in [0.2, 0.25) is 5.91 Å². The Morgan fingerprint density at radius 3 is 2.61 bits per heavy atom. The van der Waals surface area contributed by atoms with E-state index in [1.807, 2.05) is 35.1 Å². The second-order valence-electron chi connectivity index (χ2n) is 6.67. The van der Waals surface area contributed by atoms with Gasteiger partial charge in [0.05, 0.1) is 11.9 Å². The van der Waals surface area contributed by atoms with Crippen molar-refractivity contribution in [3.05, 3.63) is 66.1 Å². The molecule has 6 nitrogen and oxygen atoms in total. The normalized spacial score (nSPS) is 12.0. The third kappa shape index (κ3) is 5.16. The molecule has 0 fully saturated rings. The number of halogens is 1. The van der Waals surface area contributed by atoms with Gasteiger partial charge in [-0.3, -0.25) is 14.3 Å². The summed E-state index contributed by atoms with van der Waals surface area (Å²) in [6, 6.07) is 13.8. The van der Waals surface area contributed by atoms with Crippen LogP contribution in [0.15, 0.2) is 54.7 Å². The number of carboxylic acids is 1. The summed E-state index contributed by atoms with van der Waals surface area (Å²) in [5, 5.41) is 17.4.